The minimum absolute atomic E-state index is 0.0924. The lowest BCUT2D eigenvalue weighted by Gasteiger charge is -2.35. The maximum Gasteiger partial charge on any atom is 0.220 e. The Balaban J connectivity index is 2.66. The second-order valence-corrected chi connectivity index (χ2v) is 4.83. The van der Waals surface area contributed by atoms with Gasteiger partial charge in [-0.1, -0.05) is 27.2 Å². The monoisotopic (exact) mass is 183 g/mol. The van der Waals surface area contributed by atoms with Gasteiger partial charge in [0.15, 0.2) is 0 Å². The molecule has 0 heterocycles. The highest BCUT2D eigenvalue weighted by atomic mass is 16.1. The number of rotatable bonds is 2. The summed E-state index contributed by atoms with van der Waals surface area (Å²) >= 11 is 0. The van der Waals surface area contributed by atoms with E-state index in [-0.39, 0.29) is 11.8 Å². The highest BCUT2D eigenvalue weighted by molar-refractivity contribution is 5.77. The van der Waals surface area contributed by atoms with Crippen molar-refractivity contribution in [1.29, 1.82) is 0 Å². The largest absolute Gasteiger partial charge is 0.369 e. The van der Waals surface area contributed by atoms with E-state index in [4.69, 9.17) is 5.73 Å². The summed E-state index contributed by atoms with van der Waals surface area (Å²) in [5, 5.41) is 0. The van der Waals surface area contributed by atoms with Gasteiger partial charge in [0.2, 0.25) is 5.91 Å². The number of primary amides is 1. The second-order valence-electron chi connectivity index (χ2n) is 4.83. The zero-order chi connectivity index (χ0) is 10.0. The Bertz CT molecular complexity index is 189. The van der Waals surface area contributed by atoms with E-state index in [1.54, 1.807) is 0 Å². The zero-order valence-electron chi connectivity index (χ0n) is 8.92. The van der Waals surface area contributed by atoms with Crippen LogP contribution in [0.2, 0.25) is 0 Å². The number of carbonyl (C=O) groups excluding carboxylic acids is 1. The van der Waals surface area contributed by atoms with Crippen molar-refractivity contribution in [1.82, 2.24) is 0 Å². The van der Waals surface area contributed by atoms with Gasteiger partial charge in [-0.2, -0.15) is 0 Å². The van der Waals surface area contributed by atoms with Crippen LogP contribution in [0.5, 0.6) is 0 Å². The van der Waals surface area contributed by atoms with Gasteiger partial charge >= 0.3 is 0 Å². The third-order valence-electron chi connectivity index (χ3n) is 3.39. The predicted molar refractivity (Wildman–Crippen MR) is 54.0 cm³/mol. The summed E-state index contributed by atoms with van der Waals surface area (Å²) in [5.74, 6) is 1.82. The van der Waals surface area contributed by atoms with Gasteiger partial charge in [0.1, 0.15) is 0 Å². The first-order chi connectivity index (χ1) is 6.02. The van der Waals surface area contributed by atoms with Gasteiger partial charge in [0, 0.05) is 5.92 Å². The molecule has 0 bridgehead atoms. The maximum absolute atomic E-state index is 11.2. The highest BCUT2D eigenvalue weighted by Crippen LogP contribution is 2.37. The Morgan fingerprint density at radius 2 is 2.00 bits per heavy atom. The predicted octanol–water partition coefficient (Wildman–Crippen LogP) is 2.18. The van der Waals surface area contributed by atoms with E-state index in [0.717, 1.165) is 6.42 Å². The van der Waals surface area contributed by atoms with Gasteiger partial charge < -0.3 is 5.73 Å². The van der Waals surface area contributed by atoms with Crippen molar-refractivity contribution in [3.63, 3.8) is 0 Å². The molecule has 0 saturated heterocycles. The number of amides is 1. The summed E-state index contributed by atoms with van der Waals surface area (Å²) < 4.78 is 0. The minimum atomic E-state index is -0.0924. The molecule has 13 heavy (non-hydrogen) atoms. The molecule has 0 spiro atoms. The van der Waals surface area contributed by atoms with Crippen LogP contribution in [0.1, 0.15) is 40.0 Å². The topological polar surface area (TPSA) is 43.1 Å². The summed E-state index contributed by atoms with van der Waals surface area (Å²) in [6, 6.07) is 0. The van der Waals surface area contributed by atoms with Crippen LogP contribution in [-0.4, -0.2) is 5.91 Å². The number of hydrogen-bond donors (Lipinski definition) is 1. The van der Waals surface area contributed by atoms with Gasteiger partial charge in [-0.25, -0.2) is 0 Å². The summed E-state index contributed by atoms with van der Waals surface area (Å²) in [6.45, 7) is 6.60. The van der Waals surface area contributed by atoms with E-state index in [0.29, 0.717) is 17.8 Å². The third kappa shape index (κ3) is 2.45. The van der Waals surface area contributed by atoms with Crippen LogP contribution in [0.25, 0.3) is 0 Å². The lowest BCUT2D eigenvalue weighted by molar-refractivity contribution is -0.125. The van der Waals surface area contributed by atoms with E-state index in [1.165, 1.54) is 12.8 Å². The Labute approximate surface area is 80.9 Å². The Morgan fingerprint density at radius 3 is 2.46 bits per heavy atom. The molecule has 0 unspecified atom stereocenters. The van der Waals surface area contributed by atoms with Crippen LogP contribution >= 0.6 is 0 Å². The van der Waals surface area contributed by atoms with E-state index < -0.39 is 0 Å². The lowest BCUT2D eigenvalue weighted by atomic mass is 9.70. The van der Waals surface area contributed by atoms with Crippen molar-refractivity contribution < 1.29 is 4.79 Å². The molecule has 0 aromatic heterocycles. The fourth-order valence-corrected chi connectivity index (χ4v) is 2.53. The van der Waals surface area contributed by atoms with Gasteiger partial charge in [-0.15, -0.1) is 0 Å². The van der Waals surface area contributed by atoms with Crippen LogP contribution in [0.3, 0.4) is 0 Å². The van der Waals surface area contributed by atoms with E-state index in [1.807, 2.05) is 0 Å². The fourth-order valence-electron chi connectivity index (χ4n) is 2.53. The Hall–Kier alpha value is -0.530. The quantitative estimate of drug-likeness (QED) is 0.700. The van der Waals surface area contributed by atoms with E-state index >= 15 is 0 Å². The molecule has 2 N–H and O–H groups in total. The van der Waals surface area contributed by atoms with Crippen molar-refractivity contribution in [3.05, 3.63) is 0 Å². The normalized spacial score (nSPS) is 34.9. The number of hydrogen-bond acceptors (Lipinski definition) is 1. The molecule has 1 fully saturated rings. The standard InChI is InChI=1S/C11H21NO/c1-7(2)9-5-4-8(3)6-10(9)11(12)13/h7-10H,4-6H2,1-3H3,(H2,12,13)/t8-,9+,10+/m0/s1. The molecule has 0 aromatic rings. The average molecular weight is 183 g/mol. The van der Waals surface area contributed by atoms with Crippen LogP contribution in [0.4, 0.5) is 0 Å². The zero-order valence-corrected chi connectivity index (χ0v) is 8.92. The minimum Gasteiger partial charge on any atom is -0.369 e. The molecule has 2 heteroatoms. The van der Waals surface area contributed by atoms with Gasteiger partial charge in [-0.3, -0.25) is 4.79 Å². The molecule has 76 valence electrons. The summed E-state index contributed by atoms with van der Waals surface area (Å²) in [7, 11) is 0. The maximum atomic E-state index is 11.2. The number of nitrogens with two attached hydrogens (primary N) is 1. The molecule has 1 aliphatic carbocycles. The van der Waals surface area contributed by atoms with Crippen LogP contribution in [-0.2, 0) is 4.79 Å². The fraction of sp³-hybridized carbons (Fsp3) is 0.909. The van der Waals surface area contributed by atoms with Crippen molar-refractivity contribution in [2.24, 2.45) is 29.4 Å². The third-order valence-corrected chi connectivity index (χ3v) is 3.39. The van der Waals surface area contributed by atoms with Crippen molar-refractivity contribution in [2.45, 2.75) is 40.0 Å². The molecule has 1 rings (SSSR count). The van der Waals surface area contributed by atoms with E-state index in [9.17, 15) is 4.79 Å². The van der Waals surface area contributed by atoms with Crippen molar-refractivity contribution in [3.8, 4) is 0 Å². The first kappa shape index (κ1) is 10.6. The number of carbonyl (C=O) groups is 1. The average Bonchev–Trinajstić information content (AvgIpc) is 2.03. The van der Waals surface area contributed by atoms with Crippen molar-refractivity contribution in [2.75, 3.05) is 0 Å². The van der Waals surface area contributed by atoms with Crippen LogP contribution in [0, 0.1) is 23.7 Å². The smallest absolute Gasteiger partial charge is 0.220 e. The molecule has 0 aromatic carbocycles. The molecular weight excluding hydrogens is 162 g/mol. The van der Waals surface area contributed by atoms with Crippen molar-refractivity contribution >= 4 is 5.91 Å². The Kier molecular flexibility index (Phi) is 3.34. The lowest BCUT2D eigenvalue weighted by Crippen LogP contribution is -2.37. The first-order valence-corrected chi connectivity index (χ1v) is 5.31. The second kappa shape index (κ2) is 4.12. The summed E-state index contributed by atoms with van der Waals surface area (Å²) in [4.78, 5) is 11.2. The van der Waals surface area contributed by atoms with Crippen LogP contribution < -0.4 is 5.73 Å². The molecule has 0 radical (unpaired) electrons. The Morgan fingerprint density at radius 1 is 1.38 bits per heavy atom. The molecular formula is C11H21NO. The van der Waals surface area contributed by atoms with E-state index in [2.05, 4.69) is 20.8 Å². The first-order valence-electron chi connectivity index (χ1n) is 5.31. The molecule has 1 amide bonds. The summed E-state index contributed by atoms with van der Waals surface area (Å²) in [6.07, 6.45) is 3.43. The molecule has 1 aliphatic rings. The summed E-state index contributed by atoms with van der Waals surface area (Å²) in [5.41, 5.74) is 5.42. The SMILES string of the molecule is CC(C)[C@H]1CC[C@H](C)C[C@H]1C(N)=O. The van der Waals surface area contributed by atoms with Crippen LogP contribution in [0.15, 0.2) is 0 Å². The molecule has 1 saturated carbocycles. The highest BCUT2D eigenvalue weighted by Gasteiger charge is 2.33. The van der Waals surface area contributed by atoms with Gasteiger partial charge in [0.05, 0.1) is 0 Å². The molecule has 3 atom stereocenters. The van der Waals surface area contributed by atoms with Gasteiger partial charge in [-0.05, 0) is 30.6 Å². The van der Waals surface area contributed by atoms with Gasteiger partial charge in [0.25, 0.3) is 0 Å². The molecule has 2 nitrogen and oxygen atoms in total. The molecule has 0 aliphatic heterocycles.